The summed E-state index contributed by atoms with van der Waals surface area (Å²) in [6.07, 6.45) is -2.77. The van der Waals surface area contributed by atoms with Crippen LogP contribution in [0.15, 0.2) is 0 Å². The van der Waals surface area contributed by atoms with E-state index in [1.54, 1.807) is 0 Å². The molecule has 0 bridgehead atoms. The van der Waals surface area contributed by atoms with E-state index in [9.17, 15) is 9.90 Å². The fraction of sp³-hybridized carbons (Fsp3) is 0.947. The SMILES string of the molecule is [2H]C1([2H])C[C@@]2(C)[C@H](CC[C@@H]3[C@@H]2CC[C@]2(C)C(=O)CC[C@@H]32)C([2H])([2H])[C@]1([2H])O. The molecule has 0 unspecified atom stereocenters. The molecule has 2 nitrogen and oxygen atoms in total. The minimum Gasteiger partial charge on any atom is -0.393 e. The molecule has 1 N–H and O–H groups in total. The highest BCUT2D eigenvalue weighted by molar-refractivity contribution is 5.87. The molecule has 4 fully saturated rings. The van der Waals surface area contributed by atoms with Gasteiger partial charge in [-0.1, -0.05) is 13.8 Å². The topological polar surface area (TPSA) is 37.3 Å². The van der Waals surface area contributed by atoms with Gasteiger partial charge in [0.2, 0.25) is 0 Å². The zero-order valence-corrected chi connectivity index (χ0v) is 13.1. The summed E-state index contributed by atoms with van der Waals surface area (Å²) in [4.78, 5) is 12.5. The lowest BCUT2D eigenvalue weighted by atomic mass is 9.45. The van der Waals surface area contributed by atoms with Gasteiger partial charge in [0.25, 0.3) is 0 Å². The van der Waals surface area contributed by atoms with Crippen LogP contribution in [0, 0.1) is 34.5 Å². The highest BCUT2D eigenvalue weighted by Gasteiger charge is 2.60. The lowest BCUT2D eigenvalue weighted by Gasteiger charge is -2.60. The first kappa shape index (κ1) is 9.70. The van der Waals surface area contributed by atoms with Gasteiger partial charge in [-0.3, -0.25) is 4.79 Å². The van der Waals surface area contributed by atoms with E-state index in [4.69, 9.17) is 6.85 Å². The Bertz CT molecular complexity index is 648. The Balaban J connectivity index is 1.75. The van der Waals surface area contributed by atoms with Gasteiger partial charge in [0.1, 0.15) is 5.78 Å². The molecule has 21 heavy (non-hydrogen) atoms. The van der Waals surface area contributed by atoms with Crippen LogP contribution in [0.5, 0.6) is 0 Å². The largest absolute Gasteiger partial charge is 0.393 e. The molecule has 118 valence electrons. The Hall–Kier alpha value is -0.370. The monoisotopic (exact) mass is 295 g/mol. The van der Waals surface area contributed by atoms with Crippen molar-refractivity contribution in [3.05, 3.63) is 0 Å². The van der Waals surface area contributed by atoms with Gasteiger partial charge < -0.3 is 5.11 Å². The second-order valence-electron chi connectivity index (χ2n) is 8.28. The maximum absolute atomic E-state index is 12.5. The third-order valence-corrected chi connectivity index (χ3v) is 7.53. The van der Waals surface area contributed by atoms with Crippen molar-refractivity contribution in [1.29, 1.82) is 0 Å². The number of carbonyl (C=O) groups is 1. The third-order valence-electron chi connectivity index (χ3n) is 7.53. The summed E-state index contributed by atoms with van der Waals surface area (Å²) >= 11 is 0. The smallest absolute Gasteiger partial charge is 0.139 e. The Labute approximate surface area is 135 Å². The molecule has 4 aliphatic carbocycles. The van der Waals surface area contributed by atoms with Crippen LogP contribution in [-0.4, -0.2) is 17.0 Å². The maximum Gasteiger partial charge on any atom is 0.139 e. The summed E-state index contributed by atoms with van der Waals surface area (Å²) in [6.45, 7) is 4.08. The first-order valence-electron chi connectivity index (χ1n) is 11.0. The second kappa shape index (κ2) is 4.57. The van der Waals surface area contributed by atoms with Crippen LogP contribution in [-0.2, 0) is 4.79 Å². The van der Waals surface area contributed by atoms with Crippen LogP contribution in [0.25, 0.3) is 0 Å². The second-order valence-corrected chi connectivity index (χ2v) is 8.28. The van der Waals surface area contributed by atoms with E-state index in [-0.39, 0.29) is 17.8 Å². The van der Waals surface area contributed by atoms with E-state index in [1.807, 2.05) is 6.92 Å². The Morgan fingerprint density at radius 3 is 2.81 bits per heavy atom. The van der Waals surface area contributed by atoms with Crippen molar-refractivity contribution in [2.24, 2.45) is 34.5 Å². The molecule has 0 aliphatic heterocycles. The molecule has 7 atom stereocenters. The molecule has 4 saturated carbocycles. The molecule has 0 heterocycles. The molecular weight excluding hydrogens is 260 g/mol. The number of aliphatic hydroxyl groups is 1. The van der Waals surface area contributed by atoms with Gasteiger partial charge in [-0.25, -0.2) is 0 Å². The lowest BCUT2D eigenvalue weighted by Crippen LogP contribution is -2.54. The number of ketones is 1. The van der Waals surface area contributed by atoms with Crippen LogP contribution >= 0.6 is 0 Å². The van der Waals surface area contributed by atoms with E-state index < -0.39 is 30.2 Å². The van der Waals surface area contributed by atoms with Gasteiger partial charge in [-0.05, 0) is 80.4 Å². The summed E-state index contributed by atoms with van der Waals surface area (Å²) < 4.78 is 41.7. The van der Waals surface area contributed by atoms with Crippen molar-refractivity contribution in [2.45, 2.75) is 77.6 Å². The number of rotatable bonds is 0. The molecule has 0 aromatic rings. The molecule has 0 saturated heterocycles. The zero-order valence-electron chi connectivity index (χ0n) is 18.1. The summed E-state index contributed by atoms with van der Waals surface area (Å²) in [7, 11) is 0. The summed E-state index contributed by atoms with van der Waals surface area (Å²) in [5.74, 6) is 0.642. The van der Waals surface area contributed by atoms with E-state index in [1.165, 1.54) is 0 Å². The molecule has 0 amide bonds. The number of carbonyl (C=O) groups excluding carboxylic acids is 1. The first-order valence-corrected chi connectivity index (χ1v) is 8.55. The molecule has 4 rings (SSSR count). The van der Waals surface area contributed by atoms with Crippen molar-refractivity contribution < 1.29 is 16.8 Å². The summed E-state index contributed by atoms with van der Waals surface area (Å²) in [6, 6.07) is 0. The molecular formula is C19H30O2. The van der Waals surface area contributed by atoms with Crippen LogP contribution in [0.3, 0.4) is 0 Å². The highest BCUT2D eigenvalue weighted by Crippen LogP contribution is 2.65. The van der Waals surface area contributed by atoms with Crippen molar-refractivity contribution in [3.63, 3.8) is 0 Å². The fourth-order valence-corrected chi connectivity index (χ4v) is 6.21. The van der Waals surface area contributed by atoms with E-state index in [0.717, 1.165) is 25.7 Å². The van der Waals surface area contributed by atoms with Gasteiger partial charge in [0, 0.05) is 17.3 Å². The molecule has 0 spiro atoms. The van der Waals surface area contributed by atoms with Crippen molar-refractivity contribution in [1.82, 2.24) is 0 Å². The lowest BCUT2D eigenvalue weighted by molar-refractivity contribution is -0.142. The maximum atomic E-state index is 12.5. The standard InChI is InChI=1S/C19H30O2/c1-18-9-7-13(20)11-12(18)3-4-14-15-5-6-17(21)19(15,2)10-8-16(14)18/h12-16,20H,3-11H2,1-2H3/t12-,13-,14+,15+,16+,18+,19+/m1/s1/i7D2,11D2,13D. The number of fused-ring (bicyclic) bond motifs is 5. The van der Waals surface area contributed by atoms with Gasteiger partial charge >= 0.3 is 0 Å². The van der Waals surface area contributed by atoms with Crippen LogP contribution in [0.1, 0.15) is 78.4 Å². The average molecular weight is 295 g/mol. The molecule has 0 aromatic heterocycles. The fourth-order valence-electron chi connectivity index (χ4n) is 6.21. The predicted octanol–water partition coefficient (Wildman–Crippen LogP) is 3.96. The number of hydrogen-bond donors (Lipinski definition) is 1. The van der Waals surface area contributed by atoms with Gasteiger partial charge in [-0.15, -0.1) is 0 Å². The van der Waals surface area contributed by atoms with Gasteiger partial charge in [0.15, 0.2) is 0 Å². The molecule has 0 radical (unpaired) electrons. The van der Waals surface area contributed by atoms with E-state index in [2.05, 4.69) is 6.92 Å². The minimum absolute atomic E-state index is 0.0166. The Morgan fingerprint density at radius 2 is 2.00 bits per heavy atom. The number of Topliss-reactive ketones (excluding diaryl/α,β-unsaturated/α-hetero) is 1. The van der Waals surface area contributed by atoms with Crippen molar-refractivity contribution in [2.75, 3.05) is 0 Å². The predicted molar refractivity (Wildman–Crippen MR) is 82.7 cm³/mol. The van der Waals surface area contributed by atoms with Crippen LogP contribution in [0.4, 0.5) is 0 Å². The Morgan fingerprint density at radius 1 is 1.19 bits per heavy atom. The first-order chi connectivity index (χ1) is 11.8. The van der Waals surface area contributed by atoms with E-state index >= 15 is 0 Å². The molecule has 2 heteroatoms. The van der Waals surface area contributed by atoms with Crippen molar-refractivity contribution in [3.8, 4) is 0 Å². The average Bonchev–Trinajstić information content (AvgIpc) is 2.81. The van der Waals surface area contributed by atoms with Gasteiger partial charge in [-0.2, -0.15) is 0 Å². The summed E-state index contributed by atoms with van der Waals surface area (Å²) in [5.41, 5.74) is -0.844. The minimum atomic E-state index is -2.73. The highest BCUT2D eigenvalue weighted by atomic mass is 16.3. The quantitative estimate of drug-likeness (QED) is 0.734. The molecule has 0 aromatic carbocycles. The van der Waals surface area contributed by atoms with E-state index in [0.29, 0.717) is 30.5 Å². The van der Waals surface area contributed by atoms with Gasteiger partial charge in [0.05, 0.1) is 7.45 Å². The molecule has 4 aliphatic rings. The third kappa shape index (κ3) is 1.84. The van der Waals surface area contributed by atoms with Crippen LogP contribution < -0.4 is 0 Å². The summed E-state index contributed by atoms with van der Waals surface area (Å²) in [5, 5.41) is 10.5. The van der Waals surface area contributed by atoms with Crippen molar-refractivity contribution >= 4 is 5.78 Å². The zero-order chi connectivity index (χ0) is 19.3. The number of hydrogen-bond acceptors (Lipinski definition) is 2. The normalized spacial score (nSPS) is 68.3. The Kier molecular flexibility index (Phi) is 2.11. The van der Waals surface area contributed by atoms with Crippen LogP contribution in [0.2, 0.25) is 0 Å².